The fraction of sp³-hybridized carbons (Fsp3) is 0.167. The van der Waals surface area contributed by atoms with E-state index >= 15 is 0 Å². The lowest BCUT2D eigenvalue weighted by molar-refractivity contribution is -0.142. The Morgan fingerprint density at radius 3 is 2.88 bits per heavy atom. The van der Waals surface area contributed by atoms with Crippen LogP contribution < -0.4 is 4.80 Å². The Bertz CT molecular complexity index is 865. The monoisotopic (exact) mass is 376 g/mol. The fourth-order valence-corrected chi connectivity index (χ4v) is 2.82. The molecule has 0 saturated heterocycles. The van der Waals surface area contributed by atoms with E-state index < -0.39 is 18.5 Å². The van der Waals surface area contributed by atoms with Crippen molar-refractivity contribution in [3.05, 3.63) is 75.5 Å². The molecule has 0 saturated carbocycles. The first kappa shape index (κ1) is 18.9. The number of hydrogen-bond donors (Lipinski definition) is 0. The predicted molar refractivity (Wildman–Crippen MR) is 98.3 cm³/mol. The van der Waals surface area contributed by atoms with E-state index in [0.29, 0.717) is 16.4 Å². The molecule has 0 aliphatic carbocycles. The van der Waals surface area contributed by atoms with Crippen LogP contribution in [0.2, 0.25) is 5.02 Å². The quantitative estimate of drug-likeness (QED) is 0.441. The molecule has 1 heterocycles. The van der Waals surface area contributed by atoms with Gasteiger partial charge in [-0.3, -0.25) is 4.79 Å². The highest BCUT2D eigenvalue weighted by Gasteiger charge is 2.06. The highest BCUT2D eigenvalue weighted by Crippen LogP contribution is 2.15. The molecular weight excluding hydrogens is 360 g/mol. The van der Waals surface area contributed by atoms with Crippen molar-refractivity contribution in [2.24, 2.45) is 4.99 Å². The molecule has 1 aromatic heterocycles. The summed E-state index contributed by atoms with van der Waals surface area (Å²) in [6.45, 7) is 1.93. The van der Waals surface area contributed by atoms with E-state index in [1.165, 1.54) is 17.4 Å². The van der Waals surface area contributed by atoms with Crippen molar-refractivity contribution in [3.8, 4) is 0 Å². The first-order valence-corrected chi connectivity index (χ1v) is 8.77. The number of amides is 1. The number of carbonyl (C=O) groups excluding carboxylic acids is 2. The molecule has 1 aromatic carbocycles. The second kappa shape index (κ2) is 9.76. The van der Waals surface area contributed by atoms with Gasteiger partial charge in [-0.25, -0.2) is 4.79 Å². The minimum Gasteiger partial charge on any atom is -0.452 e. The molecule has 0 fully saturated rings. The Morgan fingerprint density at radius 1 is 1.32 bits per heavy atom. The van der Waals surface area contributed by atoms with Crippen LogP contribution in [0.3, 0.4) is 0 Å². The van der Waals surface area contributed by atoms with Gasteiger partial charge in [0.2, 0.25) is 0 Å². The van der Waals surface area contributed by atoms with E-state index in [0.717, 1.165) is 5.56 Å². The van der Waals surface area contributed by atoms with Gasteiger partial charge in [0.25, 0.3) is 5.91 Å². The molecule has 2 aromatic rings. The number of carbonyl (C=O) groups is 2. The van der Waals surface area contributed by atoms with E-state index in [9.17, 15) is 9.59 Å². The molecular formula is C18H17ClN2O3S. The van der Waals surface area contributed by atoms with E-state index in [2.05, 4.69) is 4.99 Å². The van der Waals surface area contributed by atoms with E-state index in [1.807, 2.05) is 47.3 Å². The van der Waals surface area contributed by atoms with Crippen LogP contribution in [0, 0.1) is 0 Å². The molecule has 0 unspecified atom stereocenters. The lowest BCUT2D eigenvalue weighted by Gasteiger charge is -2.05. The molecule has 5 nitrogen and oxygen atoms in total. The number of aromatic nitrogens is 1. The van der Waals surface area contributed by atoms with Crippen LogP contribution >= 0.6 is 22.9 Å². The van der Waals surface area contributed by atoms with Crippen LogP contribution in [0.4, 0.5) is 0 Å². The Morgan fingerprint density at radius 2 is 2.12 bits per heavy atom. The topological polar surface area (TPSA) is 60.7 Å². The molecule has 0 radical (unpaired) electrons. The van der Waals surface area contributed by atoms with Gasteiger partial charge in [-0.15, -0.1) is 11.3 Å². The minimum absolute atomic E-state index is 0.400. The summed E-state index contributed by atoms with van der Waals surface area (Å²) < 4.78 is 6.66. The third kappa shape index (κ3) is 6.17. The Labute approximate surface area is 154 Å². The van der Waals surface area contributed by atoms with Gasteiger partial charge >= 0.3 is 5.97 Å². The zero-order chi connectivity index (χ0) is 18.1. The molecule has 0 bridgehead atoms. The fourth-order valence-electron chi connectivity index (χ4n) is 1.88. The number of thiazole rings is 1. The third-order valence-electron chi connectivity index (χ3n) is 3.05. The van der Waals surface area contributed by atoms with Crippen LogP contribution in [0.1, 0.15) is 12.5 Å². The first-order chi connectivity index (χ1) is 12.1. The summed E-state index contributed by atoms with van der Waals surface area (Å²) in [5.41, 5.74) is 0.928. The molecule has 7 heteroatoms. The number of ether oxygens (including phenoxy) is 1. The van der Waals surface area contributed by atoms with Gasteiger partial charge in [-0.05, 0) is 18.6 Å². The smallest absolute Gasteiger partial charge is 0.331 e. The van der Waals surface area contributed by atoms with Gasteiger partial charge < -0.3 is 9.30 Å². The summed E-state index contributed by atoms with van der Waals surface area (Å²) in [5.74, 6) is -1.11. The number of rotatable bonds is 6. The van der Waals surface area contributed by atoms with Crippen molar-refractivity contribution in [1.29, 1.82) is 0 Å². The number of benzene rings is 1. The average Bonchev–Trinajstić information content (AvgIpc) is 3.02. The van der Waals surface area contributed by atoms with Crippen LogP contribution in [0.15, 0.2) is 65.1 Å². The molecule has 1 amide bonds. The Hall–Kier alpha value is -2.44. The number of halogens is 1. The minimum atomic E-state index is -0.586. The lowest BCUT2D eigenvalue weighted by Crippen LogP contribution is -2.19. The van der Waals surface area contributed by atoms with Crippen molar-refractivity contribution in [1.82, 2.24) is 4.57 Å². The van der Waals surface area contributed by atoms with E-state index in [1.54, 1.807) is 18.2 Å². The van der Waals surface area contributed by atoms with Crippen LogP contribution in [0.25, 0.3) is 0 Å². The number of nitrogens with zero attached hydrogens (tertiary/aromatic N) is 2. The first-order valence-electron chi connectivity index (χ1n) is 7.51. The van der Waals surface area contributed by atoms with Gasteiger partial charge in [-0.2, -0.15) is 4.99 Å². The second-order valence-electron chi connectivity index (χ2n) is 4.90. The van der Waals surface area contributed by atoms with Crippen molar-refractivity contribution >= 4 is 34.8 Å². The molecule has 0 aliphatic heterocycles. The SMILES string of the molecule is C/C=C/C=C/C(=O)OCC(=O)N=c1sccn1Cc1ccccc1Cl. The normalized spacial score (nSPS) is 12.2. The van der Waals surface area contributed by atoms with Gasteiger partial charge in [0.1, 0.15) is 0 Å². The Balaban J connectivity index is 2.02. The lowest BCUT2D eigenvalue weighted by atomic mass is 10.2. The average molecular weight is 377 g/mol. The molecule has 0 N–H and O–H groups in total. The van der Waals surface area contributed by atoms with Crippen LogP contribution in [-0.2, 0) is 20.9 Å². The van der Waals surface area contributed by atoms with Crippen molar-refractivity contribution < 1.29 is 14.3 Å². The molecule has 25 heavy (non-hydrogen) atoms. The number of hydrogen-bond acceptors (Lipinski definition) is 4. The standard InChI is InChI=1S/C18H17ClN2O3S/c1-2-3-4-9-17(23)24-13-16(22)20-18-21(10-11-25-18)12-14-7-5-6-8-15(14)19/h2-11H,12-13H2,1H3/b3-2+,9-4+,20-18?. The number of esters is 1. The maximum absolute atomic E-state index is 11.9. The van der Waals surface area contributed by atoms with Crippen molar-refractivity contribution in [2.75, 3.05) is 6.61 Å². The summed E-state index contributed by atoms with van der Waals surface area (Å²) in [6, 6.07) is 7.48. The van der Waals surface area contributed by atoms with Crippen LogP contribution in [0.5, 0.6) is 0 Å². The third-order valence-corrected chi connectivity index (χ3v) is 4.22. The summed E-state index contributed by atoms with van der Waals surface area (Å²) >= 11 is 7.48. The second-order valence-corrected chi connectivity index (χ2v) is 6.18. The zero-order valence-electron chi connectivity index (χ0n) is 13.6. The molecule has 2 rings (SSSR count). The predicted octanol–water partition coefficient (Wildman–Crippen LogP) is 3.35. The van der Waals surface area contributed by atoms with Gasteiger partial charge in [0.05, 0.1) is 6.54 Å². The molecule has 0 aliphatic rings. The molecule has 0 atom stereocenters. The summed E-state index contributed by atoms with van der Waals surface area (Å²) in [7, 11) is 0. The Kier molecular flexibility index (Phi) is 7.37. The van der Waals surface area contributed by atoms with Gasteiger partial charge in [0.15, 0.2) is 11.4 Å². The highest BCUT2D eigenvalue weighted by atomic mass is 35.5. The maximum Gasteiger partial charge on any atom is 0.331 e. The maximum atomic E-state index is 11.9. The summed E-state index contributed by atoms with van der Waals surface area (Å²) in [6.07, 6.45) is 8.08. The zero-order valence-corrected chi connectivity index (χ0v) is 15.2. The van der Waals surface area contributed by atoms with E-state index in [-0.39, 0.29) is 0 Å². The molecule has 0 spiro atoms. The van der Waals surface area contributed by atoms with Crippen molar-refractivity contribution in [2.45, 2.75) is 13.5 Å². The summed E-state index contributed by atoms with van der Waals surface area (Å²) in [5, 5.41) is 2.48. The summed E-state index contributed by atoms with van der Waals surface area (Å²) in [4.78, 5) is 27.8. The van der Waals surface area contributed by atoms with Gasteiger partial charge in [-0.1, -0.05) is 48.0 Å². The van der Waals surface area contributed by atoms with E-state index in [4.69, 9.17) is 16.3 Å². The largest absolute Gasteiger partial charge is 0.452 e. The number of allylic oxidation sites excluding steroid dienone is 3. The van der Waals surface area contributed by atoms with Gasteiger partial charge in [0, 0.05) is 22.7 Å². The van der Waals surface area contributed by atoms with Crippen molar-refractivity contribution in [3.63, 3.8) is 0 Å². The van der Waals surface area contributed by atoms with Crippen LogP contribution in [-0.4, -0.2) is 23.1 Å². The molecule has 130 valence electrons. The highest BCUT2D eigenvalue weighted by molar-refractivity contribution is 7.07.